The summed E-state index contributed by atoms with van der Waals surface area (Å²) in [6, 6.07) is 0. The van der Waals surface area contributed by atoms with Crippen molar-refractivity contribution in [1.29, 1.82) is 0 Å². The van der Waals surface area contributed by atoms with Crippen molar-refractivity contribution in [2.45, 2.75) is 0 Å². The second-order valence-electron chi connectivity index (χ2n) is 0.0816. The molecule has 0 atom stereocenters. The largest absolute Gasteiger partial charge is 0.324 e. The Hall–Kier alpha value is 1.11. The molecule has 0 aliphatic rings. The summed E-state index contributed by atoms with van der Waals surface area (Å²) >= 11 is 0. The first kappa shape index (κ1) is 16.5. The molecule has 0 bridgehead atoms. The molecule has 0 aliphatic carbocycles. The standard InChI is InChI=1S/Al.Fe.HO2P.H/c;;1-3-2;/h;;(H,1,2);. The Morgan fingerprint density at radius 2 is 1.60 bits per heavy atom. The molecule has 0 aromatic rings. The van der Waals surface area contributed by atoms with Crippen LogP contribution in [0.5, 0.6) is 0 Å². The van der Waals surface area contributed by atoms with Gasteiger partial charge in [0.2, 0.25) is 0 Å². The van der Waals surface area contributed by atoms with Crippen molar-refractivity contribution in [1.82, 2.24) is 0 Å². The van der Waals surface area contributed by atoms with E-state index in [0.717, 1.165) is 0 Å². The van der Waals surface area contributed by atoms with Crippen molar-refractivity contribution in [2.24, 2.45) is 0 Å². The van der Waals surface area contributed by atoms with E-state index >= 15 is 0 Å². The molecule has 0 aliphatic heterocycles. The van der Waals surface area contributed by atoms with Crippen molar-refractivity contribution in [3.8, 4) is 0 Å². The first-order valence-corrected chi connectivity index (χ1v) is 1.15. The van der Waals surface area contributed by atoms with Crippen LogP contribution in [0.3, 0.4) is 0 Å². The minimum Gasteiger partial charge on any atom is -0.310 e. The molecule has 5 heteroatoms. The molecule has 30 valence electrons. The fraction of sp³-hybridized carbons (Fsp3) is 0. The van der Waals surface area contributed by atoms with Crippen molar-refractivity contribution >= 4 is 26.0 Å². The molecule has 1 N–H and O–H groups in total. The summed E-state index contributed by atoms with van der Waals surface area (Å²) in [5.74, 6) is 0. The molecule has 0 amide bonds. The van der Waals surface area contributed by atoms with E-state index in [1.54, 1.807) is 0 Å². The van der Waals surface area contributed by atoms with Gasteiger partial charge in [0.15, 0.2) is 0 Å². The molecule has 0 heterocycles. The summed E-state index contributed by atoms with van der Waals surface area (Å²) in [5, 5.41) is 0. The molecule has 0 unspecified atom stereocenters. The van der Waals surface area contributed by atoms with Crippen LogP contribution in [0.2, 0.25) is 0 Å². The van der Waals surface area contributed by atoms with Gasteiger partial charge in [-0.2, -0.15) is 0 Å². The predicted octanol–water partition coefficient (Wildman–Crippen LogP) is -0.466. The molecular weight excluding hydrogens is 146 g/mol. The Bertz CT molecular complexity index is 17.1. The molecule has 2 nitrogen and oxygen atoms in total. The second-order valence-corrected chi connectivity index (χ2v) is 0.245. The fourth-order valence-electron chi connectivity index (χ4n) is 0. The van der Waals surface area contributed by atoms with Gasteiger partial charge in [0.1, 0.15) is 0 Å². The Balaban J connectivity index is -0.0000000200. The summed E-state index contributed by atoms with van der Waals surface area (Å²) in [5.41, 5.74) is 0. The molecular formula is H2AlFeO2P. The molecule has 0 aromatic heterocycles. The van der Waals surface area contributed by atoms with Gasteiger partial charge in [-0.05, 0) is 0 Å². The van der Waals surface area contributed by atoms with Crippen LogP contribution in [0, 0.1) is 0 Å². The quantitative estimate of drug-likeness (QED) is 0.372. The maximum Gasteiger partial charge on any atom is 0.324 e. The third-order valence-electron chi connectivity index (χ3n) is 0. The third-order valence-corrected chi connectivity index (χ3v) is 0. The van der Waals surface area contributed by atoms with Gasteiger partial charge in [0.05, 0.1) is 17.4 Å². The molecule has 0 saturated heterocycles. The molecule has 2 radical (unpaired) electrons. The summed E-state index contributed by atoms with van der Waals surface area (Å²) in [7, 11) is -0.833. The third kappa shape index (κ3) is 40.0. The average molecular weight is 148 g/mol. The molecule has 0 fully saturated rings. The number of hydrogen-bond donors (Lipinski definition) is 1. The summed E-state index contributed by atoms with van der Waals surface area (Å²) in [4.78, 5) is 6.99. The van der Waals surface area contributed by atoms with Crippen molar-refractivity contribution in [3.05, 3.63) is 0 Å². The minimum absolute atomic E-state index is 0. The van der Waals surface area contributed by atoms with Crippen LogP contribution in [0.4, 0.5) is 0 Å². The van der Waals surface area contributed by atoms with E-state index in [1.165, 1.54) is 0 Å². The van der Waals surface area contributed by atoms with E-state index in [-0.39, 0.29) is 34.4 Å². The molecule has 0 saturated carbocycles. The topological polar surface area (TPSA) is 37.3 Å². The maximum atomic E-state index is 8.46. The van der Waals surface area contributed by atoms with E-state index in [0.29, 0.717) is 0 Å². The second kappa shape index (κ2) is 19.4. The smallest absolute Gasteiger partial charge is 0.310 e. The summed E-state index contributed by atoms with van der Waals surface area (Å²) in [6.07, 6.45) is 0. The van der Waals surface area contributed by atoms with E-state index in [9.17, 15) is 0 Å². The average Bonchev–Trinajstić information content (AvgIpc) is 0.918. The van der Waals surface area contributed by atoms with Crippen LogP contribution in [-0.4, -0.2) is 22.3 Å². The van der Waals surface area contributed by atoms with Gasteiger partial charge in [-0.15, -0.1) is 0 Å². The van der Waals surface area contributed by atoms with Crippen LogP contribution in [0.1, 0.15) is 0 Å². The number of hydrogen-bond acceptors (Lipinski definition) is 1. The van der Waals surface area contributed by atoms with Gasteiger partial charge in [-0.3, -0.25) is 0 Å². The van der Waals surface area contributed by atoms with Crippen LogP contribution in [0.15, 0.2) is 0 Å². The van der Waals surface area contributed by atoms with Crippen LogP contribution < -0.4 is 0 Å². The van der Waals surface area contributed by atoms with Crippen LogP contribution in [0.25, 0.3) is 0 Å². The Labute approximate surface area is 52.8 Å². The Morgan fingerprint density at radius 1 is 1.60 bits per heavy atom. The van der Waals surface area contributed by atoms with Gasteiger partial charge in [-0.1, -0.05) is 0 Å². The van der Waals surface area contributed by atoms with E-state index < -0.39 is 8.69 Å². The SMILES string of the molecule is O=PO.[AlH].[Fe]. The summed E-state index contributed by atoms with van der Waals surface area (Å²) in [6.45, 7) is 0. The Morgan fingerprint density at radius 3 is 1.60 bits per heavy atom. The van der Waals surface area contributed by atoms with Gasteiger partial charge in [0, 0.05) is 17.1 Å². The fourth-order valence-corrected chi connectivity index (χ4v) is 0. The zero-order valence-electron chi connectivity index (χ0n) is 2.36. The monoisotopic (exact) mass is 148 g/mol. The first-order chi connectivity index (χ1) is 1.41. The number of rotatable bonds is 0. The van der Waals surface area contributed by atoms with Gasteiger partial charge in [-0.25, -0.2) is 4.57 Å². The van der Waals surface area contributed by atoms with E-state index in [2.05, 4.69) is 0 Å². The van der Waals surface area contributed by atoms with Gasteiger partial charge in [0.25, 0.3) is 0 Å². The summed E-state index contributed by atoms with van der Waals surface area (Å²) < 4.78 is 8.46. The molecule has 5 heavy (non-hydrogen) atoms. The zero-order chi connectivity index (χ0) is 2.71. The van der Waals surface area contributed by atoms with Gasteiger partial charge >= 0.3 is 8.69 Å². The zero-order valence-corrected chi connectivity index (χ0v) is 5.78. The van der Waals surface area contributed by atoms with E-state index in [1.807, 2.05) is 0 Å². The van der Waals surface area contributed by atoms with Crippen molar-refractivity contribution < 1.29 is 26.5 Å². The Kier molecular flexibility index (Phi) is 63.9. The minimum atomic E-state index is -0.833. The molecule has 0 spiro atoms. The first-order valence-electron chi connectivity index (χ1n) is 0.383. The maximum absolute atomic E-state index is 8.46. The molecule has 0 rings (SSSR count). The van der Waals surface area contributed by atoms with E-state index in [4.69, 9.17) is 9.46 Å². The normalized spacial score (nSPS) is 4.20. The van der Waals surface area contributed by atoms with Crippen molar-refractivity contribution in [2.75, 3.05) is 0 Å². The van der Waals surface area contributed by atoms with Crippen LogP contribution >= 0.6 is 8.69 Å². The van der Waals surface area contributed by atoms with Crippen molar-refractivity contribution in [3.63, 3.8) is 0 Å². The predicted molar refractivity (Wildman–Crippen MR) is 17.0 cm³/mol. The van der Waals surface area contributed by atoms with Crippen LogP contribution in [-0.2, 0) is 21.6 Å². The molecule has 0 aromatic carbocycles. The van der Waals surface area contributed by atoms with Gasteiger partial charge < -0.3 is 4.89 Å².